The number of allylic oxidation sites excluding steroid dienone is 3. The molecule has 1 heteroatoms. The fraction of sp³-hybridized carbons (Fsp3) is 0.159. The van der Waals surface area contributed by atoms with E-state index in [-0.39, 0.29) is 31.6 Å². The molecule has 2 unspecified atom stereocenters. The van der Waals surface area contributed by atoms with Crippen molar-refractivity contribution in [2.75, 3.05) is 0 Å². The monoisotopic (exact) mass is 934 g/mol. The molecule has 0 radical (unpaired) electrons. The Hall–Kier alpha value is -6.16. The van der Waals surface area contributed by atoms with Crippen LogP contribution in [0.5, 0.6) is 0 Å². The molecule has 310 valence electrons. The smallest absolute Gasteiger partial charge is 0.0713 e. The average molecular weight is 935 g/mol. The molecule has 4 aliphatic rings. The molecule has 0 saturated carbocycles. The van der Waals surface area contributed by atoms with Gasteiger partial charge in [-0.25, -0.2) is 0 Å². The normalized spacial score (nSPS) is 19.3. The molecule has 0 spiro atoms. The predicted molar refractivity (Wildman–Crippen MR) is 279 cm³/mol. The SMILES string of the molecule is Cc1ccc(C2(c3ccc(C)cc3)c3ccccc3-c3c(CC4(C)c5cccc(CC6(C)C7=CI=CC=C7c7ccc(-c8ccccc8)cc76)c5-c5cccc(C)c54)cccc32)cc1. The first-order chi connectivity index (χ1) is 31.2. The minimum Gasteiger partial charge on any atom is -0.0934 e. The van der Waals surface area contributed by atoms with Crippen molar-refractivity contribution in [1.82, 2.24) is 0 Å². The molecule has 0 nitrogen and oxygen atoms in total. The number of benzene rings is 8. The van der Waals surface area contributed by atoms with Gasteiger partial charge in [-0.1, -0.05) is 216 Å². The van der Waals surface area contributed by atoms with Crippen LogP contribution in [-0.4, -0.2) is 4.01 Å². The zero-order valence-corrected chi connectivity index (χ0v) is 39.4. The summed E-state index contributed by atoms with van der Waals surface area (Å²) in [7, 11) is 0. The summed E-state index contributed by atoms with van der Waals surface area (Å²) >= 11 is -0.135. The Morgan fingerprint density at radius 2 is 1.05 bits per heavy atom. The largest absolute Gasteiger partial charge is 0.0934 e. The molecule has 8 aromatic rings. The average Bonchev–Trinajstić information content (AvgIpc) is 3.87. The quantitative estimate of drug-likeness (QED) is 0.140. The highest BCUT2D eigenvalue weighted by Gasteiger charge is 2.49. The van der Waals surface area contributed by atoms with E-state index in [1.54, 1.807) is 0 Å². The fourth-order valence-corrected chi connectivity index (χ4v) is 14.7. The van der Waals surface area contributed by atoms with E-state index in [0.29, 0.717) is 0 Å². The van der Waals surface area contributed by atoms with E-state index in [4.69, 9.17) is 0 Å². The van der Waals surface area contributed by atoms with E-state index in [9.17, 15) is 0 Å². The van der Waals surface area contributed by atoms with Crippen LogP contribution in [0, 0.1) is 20.8 Å². The highest BCUT2D eigenvalue weighted by Crippen LogP contribution is 2.61. The molecule has 0 fully saturated rings. The maximum Gasteiger partial charge on any atom is 0.0713 e. The second kappa shape index (κ2) is 14.7. The Morgan fingerprint density at radius 1 is 0.453 bits per heavy atom. The highest BCUT2D eigenvalue weighted by atomic mass is 127. The summed E-state index contributed by atoms with van der Waals surface area (Å²) < 4.78 is 5.05. The summed E-state index contributed by atoms with van der Waals surface area (Å²) in [6.45, 7) is 11.8. The van der Waals surface area contributed by atoms with Gasteiger partial charge in [-0.15, -0.1) is 0 Å². The van der Waals surface area contributed by atoms with E-state index < -0.39 is 5.41 Å². The number of hydrogen-bond acceptors (Lipinski definition) is 0. The van der Waals surface area contributed by atoms with Crippen LogP contribution in [0.3, 0.4) is 0 Å². The Bertz CT molecular complexity index is 3260. The number of aryl methyl sites for hydroxylation is 3. The maximum atomic E-state index is 2.61. The number of rotatable bonds is 7. The van der Waals surface area contributed by atoms with Crippen LogP contribution >= 0.6 is 20.7 Å². The predicted octanol–water partition coefficient (Wildman–Crippen LogP) is 15.7. The highest BCUT2D eigenvalue weighted by molar-refractivity contribution is 14.2. The van der Waals surface area contributed by atoms with Crippen LogP contribution in [0.4, 0.5) is 0 Å². The molecule has 0 saturated heterocycles. The lowest BCUT2D eigenvalue weighted by Gasteiger charge is -2.34. The Morgan fingerprint density at radius 3 is 1.77 bits per heavy atom. The van der Waals surface area contributed by atoms with Gasteiger partial charge in [0.15, 0.2) is 0 Å². The molecule has 0 bridgehead atoms. The van der Waals surface area contributed by atoms with Crippen LogP contribution in [0.25, 0.3) is 39.0 Å². The molecule has 0 amide bonds. The molecule has 0 N–H and O–H groups in total. The Kier molecular flexibility index (Phi) is 9.05. The van der Waals surface area contributed by atoms with Gasteiger partial charge in [0.05, 0.1) is 5.41 Å². The van der Waals surface area contributed by atoms with Crippen LogP contribution in [-0.2, 0) is 29.1 Å². The molecule has 3 aliphatic carbocycles. The lowest BCUT2D eigenvalue weighted by molar-refractivity contribution is 0.573. The van der Waals surface area contributed by atoms with Crippen molar-refractivity contribution in [2.24, 2.45) is 0 Å². The lowest BCUT2D eigenvalue weighted by Crippen LogP contribution is -2.29. The zero-order chi connectivity index (χ0) is 43.4. The van der Waals surface area contributed by atoms with Crippen molar-refractivity contribution in [1.29, 1.82) is 0 Å². The fourth-order valence-electron chi connectivity index (χ4n) is 12.5. The van der Waals surface area contributed by atoms with E-state index >= 15 is 0 Å². The van der Waals surface area contributed by atoms with E-state index in [0.717, 1.165) is 12.8 Å². The molecule has 2 atom stereocenters. The van der Waals surface area contributed by atoms with Crippen LogP contribution in [0.2, 0.25) is 0 Å². The van der Waals surface area contributed by atoms with Gasteiger partial charge >= 0.3 is 0 Å². The lowest BCUT2D eigenvalue weighted by atomic mass is 9.67. The zero-order valence-electron chi connectivity index (χ0n) is 37.3. The summed E-state index contributed by atoms with van der Waals surface area (Å²) in [5.74, 6) is 0. The van der Waals surface area contributed by atoms with Gasteiger partial charge in [0.1, 0.15) is 0 Å². The molecule has 8 aromatic carbocycles. The molecule has 0 aromatic heterocycles. The third kappa shape index (κ3) is 5.62. The maximum absolute atomic E-state index is 2.61. The molecule has 1 aliphatic heterocycles. The van der Waals surface area contributed by atoms with Gasteiger partial charge < -0.3 is 0 Å². The first-order valence-corrected chi connectivity index (χ1v) is 25.4. The summed E-state index contributed by atoms with van der Waals surface area (Å²) in [5, 5.41) is 0. The molecule has 1 heterocycles. The minimum absolute atomic E-state index is 0.135. The van der Waals surface area contributed by atoms with Crippen LogP contribution < -0.4 is 0 Å². The Labute approximate surface area is 388 Å². The summed E-state index contributed by atoms with van der Waals surface area (Å²) in [6, 6.07) is 67.6. The molecule has 64 heavy (non-hydrogen) atoms. The summed E-state index contributed by atoms with van der Waals surface area (Å²) in [6.07, 6.45) is 4.28. The van der Waals surface area contributed by atoms with Gasteiger partial charge in [0.25, 0.3) is 0 Å². The summed E-state index contributed by atoms with van der Waals surface area (Å²) in [4.78, 5) is 0. The van der Waals surface area contributed by atoms with Crippen molar-refractivity contribution in [3.63, 3.8) is 0 Å². The van der Waals surface area contributed by atoms with Crippen LogP contribution in [0.15, 0.2) is 192 Å². The summed E-state index contributed by atoms with van der Waals surface area (Å²) in [5.41, 5.74) is 28.2. The second-order valence-electron chi connectivity index (χ2n) is 19.2. The van der Waals surface area contributed by atoms with E-state index in [1.807, 2.05) is 0 Å². The number of hydrogen-bond donors (Lipinski definition) is 0. The van der Waals surface area contributed by atoms with Gasteiger partial charge in [-0.05, 0) is 160 Å². The first kappa shape index (κ1) is 39.4. The number of halogens is 1. The first-order valence-electron chi connectivity index (χ1n) is 22.9. The number of fused-ring (bicyclic) bond motifs is 9. The van der Waals surface area contributed by atoms with Crippen molar-refractivity contribution >= 4 is 30.3 Å². The van der Waals surface area contributed by atoms with Gasteiger partial charge in [-0.2, -0.15) is 0 Å². The minimum atomic E-state index is -0.437. The van der Waals surface area contributed by atoms with Crippen LogP contribution in [0.1, 0.15) is 86.2 Å². The van der Waals surface area contributed by atoms with Crippen molar-refractivity contribution < 1.29 is 0 Å². The topological polar surface area (TPSA) is 0 Å². The van der Waals surface area contributed by atoms with Crippen molar-refractivity contribution in [3.8, 4) is 33.4 Å². The molecular weight excluding hydrogens is 884 g/mol. The third-order valence-corrected chi connectivity index (χ3v) is 17.2. The van der Waals surface area contributed by atoms with Gasteiger partial charge in [-0.3, -0.25) is 0 Å². The second-order valence-corrected chi connectivity index (χ2v) is 21.3. The molecule has 12 rings (SSSR count). The van der Waals surface area contributed by atoms with Crippen molar-refractivity contribution in [2.45, 2.75) is 63.7 Å². The third-order valence-electron chi connectivity index (χ3n) is 15.4. The van der Waals surface area contributed by atoms with E-state index in [2.05, 4.69) is 225 Å². The van der Waals surface area contributed by atoms with Gasteiger partial charge in [0.2, 0.25) is 0 Å². The van der Waals surface area contributed by atoms with Crippen molar-refractivity contribution in [3.05, 3.63) is 264 Å². The molecular formula is C63H51I. The van der Waals surface area contributed by atoms with E-state index in [1.165, 1.54) is 117 Å². The van der Waals surface area contributed by atoms with Gasteiger partial charge in [0, 0.05) is 10.8 Å². The standard InChI is InChI=1S/C63H51I/c1-40-24-29-47(30-25-40)63(48-31-26-41(2)27-32-48)53-21-10-9-19-51(53)58-46(18-13-23-55(58)63)38-62(5)54-22-12-17-45(59(54)52-20-11-14-42(3)60(52)62)37-61(4)56-36-44(43-15-7-6-8-16-43)28-33-49(56)50-34-35-64-39-57(50)61/h6-36,39H,37-38H2,1-5H3. The Balaban J connectivity index is 1.03.